The van der Waals surface area contributed by atoms with Crippen molar-refractivity contribution >= 4 is 17.9 Å². The van der Waals surface area contributed by atoms with Gasteiger partial charge in [0.25, 0.3) is 5.91 Å². The van der Waals surface area contributed by atoms with Crippen molar-refractivity contribution in [1.29, 1.82) is 0 Å². The van der Waals surface area contributed by atoms with Crippen LogP contribution in [0.15, 0.2) is 0 Å². The normalized spacial score (nSPS) is 24.0. The van der Waals surface area contributed by atoms with Crippen LogP contribution < -0.4 is 5.32 Å². The minimum atomic E-state index is -0.851. The highest BCUT2D eigenvalue weighted by Gasteiger charge is 2.60. The van der Waals surface area contributed by atoms with Crippen molar-refractivity contribution in [2.75, 3.05) is 19.7 Å². The number of nitrogens with one attached hydrogen (secondary N) is 1. The smallest absolute Gasteiger partial charge is 0.325 e. The van der Waals surface area contributed by atoms with Crippen LogP contribution in [-0.4, -0.2) is 64.0 Å². The molecule has 2 fully saturated rings. The van der Waals surface area contributed by atoms with Crippen molar-refractivity contribution in [3.8, 4) is 0 Å². The van der Waals surface area contributed by atoms with E-state index in [-0.39, 0.29) is 29.0 Å². The number of carbonyl (C=O) groups is 3. The molecular weight excluding hydrogens is 334 g/mol. The van der Waals surface area contributed by atoms with Crippen molar-refractivity contribution in [1.82, 2.24) is 15.1 Å². The lowest BCUT2D eigenvalue weighted by molar-refractivity contribution is -0.146. The van der Waals surface area contributed by atoms with Crippen LogP contribution in [0.3, 0.4) is 0 Å². The first-order chi connectivity index (χ1) is 11.9. The first-order valence-electron chi connectivity index (χ1n) is 9.50. The molecule has 2 aliphatic rings. The van der Waals surface area contributed by atoms with Gasteiger partial charge in [0, 0.05) is 31.1 Å². The van der Waals surface area contributed by atoms with E-state index in [0.29, 0.717) is 32.5 Å². The Morgan fingerprint density at radius 1 is 1.12 bits per heavy atom. The topological polar surface area (TPSA) is 79.0 Å². The van der Waals surface area contributed by atoms with Crippen LogP contribution >= 0.6 is 0 Å². The molecule has 0 aromatic carbocycles. The number of hydrogen-bond acceptors (Lipinski definition) is 5. The summed E-state index contributed by atoms with van der Waals surface area (Å²) >= 11 is 0. The highest BCUT2D eigenvalue weighted by Crippen LogP contribution is 2.45. The number of carbonyl (C=O) groups excluding carboxylic acids is 3. The zero-order valence-corrected chi connectivity index (χ0v) is 17.0. The largest absolute Gasteiger partial charge is 0.465 e. The van der Waals surface area contributed by atoms with E-state index in [1.807, 2.05) is 6.92 Å². The number of esters is 1. The maximum absolute atomic E-state index is 13.1. The van der Waals surface area contributed by atoms with Gasteiger partial charge in [0.1, 0.15) is 12.1 Å². The Balaban J connectivity index is 2.22. The van der Waals surface area contributed by atoms with Gasteiger partial charge < -0.3 is 10.1 Å². The second kappa shape index (κ2) is 7.18. The van der Waals surface area contributed by atoms with Crippen molar-refractivity contribution in [3.05, 3.63) is 0 Å². The third kappa shape index (κ3) is 3.87. The summed E-state index contributed by atoms with van der Waals surface area (Å²) in [4.78, 5) is 40.3. The number of rotatable bonds is 6. The summed E-state index contributed by atoms with van der Waals surface area (Å²) in [5, 5.41) is 3.01. The highest BCUT2D eigenvalue weighted by atomic mass is 16.5. The number of urea groups is 1. The Kier molecular flexibility index (Phi) is 5.71. The summed E-state index contributed by atoms with van der Waals surface area (Å²) in [6.07, 6.45) is 2.83. The third-order valence-corrected chi connectivity index (χ3v) is 5.53. The SMILES string of the molecule is CCCCN1C(=O)NC2(CC(C)(C)N(CCOC(C)=O)C(C)(C)C2)C1=O. The minimum absolute atomic E-state index is 0.100. The Bertz CT molecular complexity index is 567. The highest BCUT2D eigenvalue weighted by molar-refractivity contribution is 6.07. The molecule has 1 N–H and O–H groups in total. The molecule has 0 atom stereocenters. The van der Waals surface area contributed by atoms with Crippen LogP contribution in [0, 0.1) is 0 Å². The molecule has 148 valence electrons. The number of amides is 3. The van der Waals surface area contributed by atoms with Gasteiger partial charge in [-0.2, -0.15) is 0 Å². The molecule has 0 bridgehead atoms. The molecule has 1 spiro atoms. The predicted molar refractivity (Wildman–Crippen MR) is 98.6 cm³/mol. The monoisotopic (exact) mass is 367 g/mol. The molecule has 2 rings (SSSR count). The van der Waals surface area contributed by atoms with E-state index < -0.39 is 5.54 Å². The second-order valence-corrected chi connectivity index (χ2v) is 8.79. The number of likely N-dealkylation sites (tertiary alicyclic amines) is 1. The van der Waals surface area contributed by atoms with Crippen LogP contribution in [0.25, 0.3) is 0 Å². The Labute approximate surface area is 156 Å². The molecule has 2 heterocycles. The Morgan fingerprint density at radius 3 is 2.19 bits per heavy atom. The van der Waals surface area contributed by atoms with E-state index in [0.717, 1.165) is 12.8 Å². The lowest BCUT2D eigenvalue weighted by Crippen LogP contribution is -2.70. The summed E-state index contributed by atoms with van der Waals surface area (Å²) in [6, 6.07) is -0.275. The van der Waals surface area contributed by atoms with Gasteiger partial charge in [-0.05, 0) is 47.0 Å². The molecule has 26 heavy (non-hydrogen) atoms. The van der Waals surface area contributed by atoms with Gasteiger partial charge in [-0.3, -0.25) is 19.4 Å². The van der Waals surface area contributed by atoms with Crippen LogP contribution in [0.2, 0.25) is 0 Å². The lowest BCUT2D eigenvalue weighted by atomic mass is 9.69. The van der Waals surface area contributed by atoms with Gasteiger partial charge in [0.15, 0.2) is 0 Å². The molecule has 0 radical (unpaired) electrons. The van der Waals surface area contributed by atoms with Gasteiger partial charge in [-0.25, -0.2) is 4.79 Å². The molecule has 0 saturated carbocycles. The molecule has 7 nitrogen and oxygen atoms in total. The fraction of sp³-hybridized carbons (Fsp3) is 0.842. The summed E-state index contributed by atoms with van der Waals surface area (Å²) < 4.78 is 5.12. The van der Waals surface area contributed by atoms with E-state index in [1.54, 1.807) is 0 Å². The van der Waals surface area contributed by atoms with Crippen LogP contribution in [0.5, 0.6) is 0 Å². The molecule has 3 amide bonds. The van der Waals surface area contributed by atoms with Gasteiger partial charge in [0.2, 0.25) is 0 Å². The number of ether oxygens (including phenoxy) is 1. The summed E-state index contributed by atoms with van der Waals surface area (Å²) in [6.45, 7) is 13.2. The van der Waals surface area contributed by atoms with E-state index in [9.17, 15) is 14.4 Å². The van der Waals surface area contributed by atoms with Crippen molar-refractivity contribution < 1.29 is 19.1 Å². The summed E-state index contributed by atoms with van der Waals surface area (Å²) in [7, 11) is 0. The van der Waals surface area contributed by atoms with Gasteiger partial charge in [-0.15, -0.1) is 0 Å². The van der Waals surface area contributed by atoms with Crippen molar-refractivity contribution in [2.24, 2.45) is 0 Å². The molecule has 0 aliphatic carbocycles. The van der Waals surface area contributed by atoms with E-state index in [4.69, 9.17) is 4.74 Å². The fourth-order valence-corrected chi connectivity index (χ4v) is 4.87. The van der Waals surface area contributed by atoms with Gasteiger partial charge in [0.05, 0.1) is 0 Å². The second-order valence-electron chi connectivity index (χ2n) is 8.79. The van der Waals surface area contributed by atoms with Crippen LogP contribution in [-0.2, 0) is 14.3 Å². The maximum Gasteiger partial charge on any atom is 0.325 e. The quantitative estimate of drug-likeness (QED) is 0.576. The number of hydrogen-bond donors (Lipinski definition) is 1. The summed E-state index contributed by atoms with van der Waals surface area (Å²) in [5.41, 5.74) is -1.51. The third-order valence-electron chi connectivity index (χ3n) is 5.53. The van der Waals surface area contributed by atoms with Crippen LogP contribution in [0.4, 0.5) is 4.79 Å². The number of unbranched alkanes of at least 4 members (excludes halogenated alkanes) is 1. The first kappa shape index (κ1) is 20.7. The first-order valence-corrected chi connectivity index (χ1v) is 9.50. The number of nitrogens with zero attached hydrogens (tertiary/aromatic N) is 2. The molecule has 7 heteroatoms. The number of imide groups is 1. The van der Waals surface area contributed by atoms with E-state index in [1.165, 1.54) is 11.8 Å². The zero-order chi connectivity index (χ0) is 19.8. The lowest BCUT2D eigenvalue weighted by Gasteiger charge is -2.57. The average Bonchev–Trinajstić information content (AvgIpc) is 2.69. The molecule has 2 saturated heterocycles. The fourth-order valence-electron chi connectivity index (χ4n) is 4.87. The molecule has 0 unspecified atom stereocenters. The zero-order valence-electron chi connectivity index (χ0n) is 17.0. The van der Waals surface area contributed by atoms with E-state index in [2.05, 4.69) is 37.9 Å². The molecule has 0 aromatic heterocycles. The maximum atomic E-state index is 13.1. The molecular formula is C19H33N3O4. The van der Waals surface area contributed by atoms with Crippen molar-refractivity contribution in [2.45, 2.75) is 83.8 Å². The standard InChI is InChI=1S/C19H33N3O4/c1-7-8-9-21-15(24)19(20-16(21)25)12-17(3,4)22(18(5,6)13-19)10-11-26-14(2)23/h7-13H2,1-6H3,(H,20,25). The van der Waals surface area contributed by atoms with Gasteiger partial charge in [-0.1, -0.05) is 13.3 Å². The minimum Gasteiger partial charge on any atom is -0.465 e. The molecule has 0 aromatic rings. The Hall–Kier alpha value is -1.63. The molecule has 2 aliphatic heterocycles. The van der Waals surface area contributed by atoms with Gasteiger partial charge >= 0.3 is 12.0 Å². The summed E-state index contributed by atoms with van der Waals surface area (Å²) in [5.74, 6) is -0.393. The number of piperidine rings is 1. The predicted octanol–water partition coefficient (Wildman–Crippen LogP) is 2.29. The van der Waals surface area contributed by atoms with E-state index >= 15 is 0 Å². The van der Waals surface area contributed by atoms with Crippen LogP contribution in [0.1, 0.15) is 67.2 Å². The Morgan fingerprint density at radius 2 is 1.69 bits per heavy atom. The van der Waals surface area contributed by atoms with Crippen molar-refractivity contribution in [3.63, 3.8) is 0 Å². The average molecular weight is 367 g/mol.